The van der Waals surface area contributed by atoms with E-state index in [1.807, 2.05) is 0 Å². The highest BCUT2D eigenvalue weighted by Crippen LogP contribution is 2.37. The highest BCUT2D eigenvalue weighted by Gasteiger charge is 2.38. The fourth-order valence-electron chi connectivity index (χ4n) is 1.26. The van der Waals surface area contributed by atoms with E-state index in [-0.39, 0.29) is 11.1 Å². The van der Waals surface area contributed by atoms with Crippen molar-refractivity contribution in [2.75, 3.05) is 0 Å². The van der Waals surface area contributed by atoms with E-state index in [0.29, 0.717) is 0 Å². The molecule has 0 fully saturated rings. The van der Waals surface area contributed by atoms with Gasteiger partial charge in [-0.05, 0) is 37.9 Å². The highest BCUT2D eigenvalue weighted by atomic mass is 28.4. The van der Waals surface area contributed by atoms with Gasteiger partial charge in [-0.15, -0.1) is 6.58 Å². The van der Waals surface area contributed by atoms with Crippen molar-refractivity contribution in [2.24, 2.45) is 0 Å². The smallest absolute Gasteiger partial charge is 0.192 e. The molecule has 0 bridgehead atoms. The van der Waals surface area contributed by atoms with Gasteiger partial charge in [0.05, 0.1) is 6.10 Å². The predicted octanol–water partition coefficient (Wildman–Crippen LogP) is 3.72. The molecule has 1 unspecified atom stereocenters. The van der Waals surface area contributed by atoms with Crippen molar-refractivity contribution in [1.29, 1.82) is 0 Å². The number of aliphatic hydroxyl groups excluding tert-OH is 1. The molecule has 16 heavy (non-hydrogen) atoms. The van der Waals surface area contributed by atoms with Crippen LogP contribution in [-0.4, -0.2) is 25.6 Å². The Morgan fingerprint density at radius 2 is 1.81 bits per heavy atom. The van der Waals surface area contributed by atoms with Crippen LogP contribution in [0.15, 0.2) is 12.7 Å². The van der Waals surface area contributed by atoms with Crippen LogP contribution in [0, 0.1) is 0 Å². The molecule has 2 nitrogen and oxygen atoms in total. The summed E-state index contributed by atoms with van der Waals surface area (Å²) < 4.78 is 6.19. The lowest BCUT2D eigenvalue weighted by Crippen LogP contribution is -2.43. The van der Waals surface area contributed by atoms with Crippen LogP contribution in [0.4, 0.5) is 0 Å². The quantitative estimate of drug-likeness (QED) is 0.570. The van der Waals surface area contributed by atoms with Gasteiger partial charge in [-0.3, -0.25) is 0 Å². The Balaban J connectivity index is 4.14. The van der Waals surface area contributed by atoms with Gasteiger partial charge in [0.15, 0.2) is 8.32 Å². The van der Waals surface area contributed by atoms with E-state index in [0.717, 1.165) is 12.8 Å². The summed E-state index contributed by atoms with van der Waals surface area (Å²) in [5.41, 5.74) is 0. The van der Waals surface area contributed by atoms with Crippen LogP contribution in [0.25, 0.3) is 0 Å². The second-order valence-corrected chi connectivity index (χ2v) is 10.8. The Kier molecular flexibility index (Phi) is 5.94. The second-order valence-electron chi connectivity index (χ2n) is 6.07. The Labute approximate surface area is 102 Å². The van der Waals surface area contributed by atoms with E-state index in [4.69, 9.17) is 4.43 Å². The van der Waals surface area contributed by atoms with Crippen molar-refractivity contribution in [2.45, 2.75) is 70.9 Å². The van der Waals surface area contributed by atoms with Crippen molar-refractivity contribution in [3.63, 3.8) is 0 Å². The highest BCUT2D eigenvalue weighted by molar-refractivity contribution is 6.74. The van der Waals surface area contributed by atoms with Gasteiger partial charge in [-0.1, -0.05) is 26.8 Å². The maximum Gasteiger partial charge on any atom is 0.192 e. The third kappa shape index (κ3) is 5.28. The van der Waals surface area contributed by atoms with E-state index in [9.17, 15) is 5.11 Å². The molecule has 0 amide bonds. The molecule has 0 aliphatic rings. The molecule has 0 rings (SSSR count). The molecule has 0 aliphatic heterocycles. The zero-order valence-corrected chi connectivity index (χ0v) is 12.7. The van der Waals surface area contributed by atoms with Crippen molar-refractivity contribution in [3.8, 4) is 0 Å². The Hall–Kier alpha value is -0.123. The first-order valence-corrected chi connectivity index (χ1v) is 8.99. The molecule has 96 valence electrons. The molecule has 0 aromatic carbocycles. The summed E-state index contributed by atoms with van der Waals surface area (Å²) in [7, 11) is -1.66. The van der Waals surface area contributed by atoms with Gasteiger partial charge in [0.25, 0.3) is 0 Å². The Bertz CT molecular complexity index is 218. The molecule has 0 spiro atoms. The first-order valence-electron chi connectivity index (χ1n) is 6.08. The van der Waals surface area contributed by atoms with E-state index < -0.39 is 14.4 Å². The van der Waals surface area contributed by atoms with Crippen LogP contribution in [-0.2, 0) is 4.43 Å². The minimum absolute atomic E-state index is 0.218. The van der Waals surface area contributed by atoms with Gasteiger partial charge in [0.2, 0.25) is 0 Å². The molecule has 0 aliphatic carbocycles. The van der Waals surface area contributed by atoms with Crippen molar-refractivity contribution >= 4 is 8.32 Å². The van der Waals surface area contributed by atoms with Crippen LogP contribution in [0.3, 0.4) is 0 Å². The molecule has 0 heterocycles. The van der Waals surface area contributed by atoms with Gasteiger partial charge >= 0.3 is 0 Å². The van der Waals surface area contributed by atoms with E-state index in [2.05, 4.69) is 47.4 Å². The summed E-state index contributed by atoms with van der Waals surface area (Å²) >= 11 is 0. The van der Waals surface area contributed by atoms with Crippen LogP contribution >= 0.6 is 0 Å². The fourth-order valence-corrected chi connectivity index (χ4v) is 2.74. The van der Waals surface area contributed by atoms with Gasteiger partial charge in [0.1, 0.15) is 0 Å². The third-order valence-electron chi connectivity index (χ3n) is 3.44. The molecule has 0 radical (unpaired) electrons. The third-order valence-corrected chi connectivity index (χ3v) is 8.05. The fraction of sp³-hybridized carbons (Fsp3) is 0.846. The lowest BCUT2D eigenvalue weighted by Gasteiger charge is -2.38. The minimum Gasteiger partial charge on any atom is -0.414 e. The number of aliphatic hydroxyl groups is 1. The normalized spacial score (nSPS) is 16.9. The average Bonchev–Trinajstić information content (AvgIpc) is 2.11. The number of hydrogen-bond acceptors (Lipinski definition) is 2. The first-order chi connectivity index (χ1) is 7.10. The number of rotatable bonds is 6. The van der Waals surface area contributed by atoms with Gasteiger partial charge in [-0.2, -0.15) is 0 Å². The predicted molar refractivity (Wildman–Crippen MR) is 73.2 cm³/mol. The van der Waals surface area contributed by atoms with Crippen LogP contribution in [0.5, 0.6) is 0 Å². The van der Waals surface area contributed by atoms with Crippen LogP contribution < -0.4 is 0 Å². The number of hydrogen-bond donors (Lipinski definition) is 1. The van der Waals surface area contributed by atoms with Gasteiger partial charge < -0.3 is 9.53 Å². The molecule has 0 aromatic rings. The molecule has 0 saturated carbocycles. The second kappa shape index (κ2) is 5.99. The molecule has 0 saturated heterocycles. The van der Waals surface area contributed by atoms with Crippen molar-refractivity contribution < 1.29 is 9.53 Å². The summed E-state index contributed by atoms with van der Waals surface area (Å²) in [6, 6.07) is 0. The molecule has 2 atom stereocenters. The Morgan fingerprint density at radius 1 is 1.31 bits per heavy atom. The zero-order valence-electron chi connectivity index (χ0n) is 11.7. The molecule has 1 N–H and O–H groups in total. The summed E-state index contributed by atoms with van der Waals surface area (Å²) in [5, 5.41) is 9.65. The lowest BCUT2D eigenvalue weighted by molar-refractivity contribution is 0.151. The molecule has 0 aromatic heterocycles. The molecular formula is C13H28O2Si. The van der Waals surface area contributed by atoms with Crippen molar-refractivity contribution in [3.05, 3.63) is 12.7 Å². The van der Waals surface area contributed by atoms with E-state index in [1.54, 1.807) is 6.08 Å². The summed E-state index contributed by atoms with van der Waals surface area (Å²) in [5.74, 6) is 0. The summed E-state index contributed by atoms with van der Waals surface area (Å²) in [6.07, 6.45) is 3.03. The first kappa shape index (κ1) is 15.9. The topological polar surface area (TPSA) is 29.5 Å². The molecular weight excluding hydrogens is 216 g/mol. The maximum atomic E-state index is 9.40. The van der Waals surface area contributed by atoms with Gasteiger partial charge in [-0.25, -0.2) is 0 Å². The SMILES string of the molecule is C=CC(O)CC[C@@H](C)O[Si](C)(C)C(C)(C)C. The largest absolute Gasteiger partial charge is 0.414 e. The zero-order chi connectivity index (χ0) is 13.0. The monoisotopic (exact) mass is 244 g/mol. The average molecular weight is 244 g/mol. The Morgan fingerprint density at radius 3 is 2.19 bits per heavy atom. The van der Waals surface area contributed by atoms with Crippen LogP contribution in [0.2, 0.25) is 18.1 Å². The van der Waals surface area contributed by atoms with Gasteiger partial charge in [0, 0.05) is 6.10 Å². The minimum atomic E-state index is -1.66. The molecule has 3 heteroatoms. The standard InChI is InChI=1S/C13H28O2Si/c1-8-12(14)10-9-11(2)15-16(6,7)13(3,4)5/h8,11-12,14H,1,9-10H2,2-7H3/t11-,12?/m1/s1. The lowest BCUT2D eigenvalue weighted by atomic mass is 10.1. The summed E-state index contributed by atoms with van der Waals surface area (Å²) in [4.78, 5) is 0. The summed E-state index contributed by atoms with van der Waals surface area (Å²) in [6.45, 7) is 16.9. The van der Waals surface area contributed by atoms with Crippen molar-refractivity contribution in [1.82, 2.24) is 0 Å². The van der Waals surface area contributed by atoms with E-state index in [1.165, 1.54) is 0 Å². The van der Waals surface area contributed by atoms with E-state index >= 15 is 0 Å². The van der Waals surface area contributed by atoms with Crippen LogP contribution in [0.1, 0.15) is 40.5 Å². The maximum absolute atomic E-state index is 9.40.